The third kappa shape index (κ3) is 4.67. The maximum atomic E-state index is 12.8. The summed E-state index contributed by atoms with van der Waals surface area (Å²) in [5.74, 6) is 1.57. The lowest BCUT2D eigenvalue weighted by Crippen LogP contribution is -2.65. The summed E-state index contributed by atoms with van der Waals surface area (Å²) in [5, 5.41) is 0. The smallest absolute Gasteiger partial charge is 0.411 e. The number of methoxy groups -OCH3 is 2. The highest BCUT2D eigenvalue weighted by Crippen LogP contribution is 2.37. The average Bonchev–Trinajstić information content (AvgIpc) is 2.57. The fraction of sp³-hybridized carbons (Fsp3) is 0.611. The van der Waals surface area contributed by atoms with E-state index in [1.54, 1.807) is 6.92 Å². The molecule has 1 aliphatic heterocycles. The fourth-order valence-electron chi connectivity index (χ4n) is 2.74. The van der Waals surface area contributed by atoms with Gasteiger partial charge >= 0.3 is 18.0 Å². The molecule has 1 saturated heterocycles. The second-order valence-corrected chi connectivity index (χ2v) is 11.8. The minimum Gasteiger partial charge on any atom is -0.467 e. The van der Waals surface area contributed by atoms with E-state index in [1.165, 1.54) is 14.2 Å². The van der Waals surface area contributed by atoms with Gasteiger partial charge in [0.05, 0.1) is 20.8 Å². The second kappa shape index (κ2) is 8.41. The van der Waals surface area contributed by atoms with Crippen LogP contribution in [0.1, 0.15) is 19.8 Å². The molecule has 0 aliphatic carbocycles. The Morgan fingerprint density at radius 3 is 2.35 bits per heavy atom. The predicted molar refractivity (Wildman–Crippen MR) is 98.9 cm³/mol. The molecule has 1 amide bonds. The molecule has 0 N–H and O–H groups in total. The highest BCUT2D eigenvalue weighted by molar-refractivity contribution is 6.83. The average molecular weight is 382 g/mol. The Hall–Kier alpha value is -2.27. The molecule has 0 saturated carbocycles. The molecule has 1 fully saturated rings. The van der Waals surface area contributed by atoms with Gasteiger partial charge in [0.2, 0.25) is 5.54 Å². The maximum absolute atomic E-state index is 12.8. The lowest BCUT2D eigenvalue weighted by atomic mass is 9.81. The van der Waals surface area contributed by atoms with E-state index in [9.17, 15) is 14.4 Å². The molecule has 0 bridgehead atoms. The quantitative estimate of drug-likeness (QED) is 0.245. The van der Waals surface area contributed by atoms with Crippen molar-refractivity contribution in [1.82, 2.24) is 4.90 Å². The first kappa shape index (κ1) is 21.8. The van der Waals surface area contributed by atoms with Crippen molar-refractivity contribution in [2.24, 2.45) is 0 Å². The molecular formula is C18H27NO6Si. The Morgan fingerprint density at radius 2 is 1.88 bits per heavy atom. The van der Waals surface area contributed by atoms with Crippen LogP contribution in [0.2, 0.25) is 19.6 Å². The van der Waals surface area contributed by atoms with Crippen LogP contribution in [0.25, 0.3) is 0 Å². The van der Waals surface area contributed by atoms with Gasteiger partial charge in [-0.15, -0.1) is 5.54 Å². The van der Waals surface area contributed by atoms with E-state index in [4.69, 9.17) is 14.2 Å². The van der Waals surface area contributed by atoms with Gasteiger partial charge in [0.25, 0.3) is 0 Å². The highest BCUT2D eigenvalue weighted by Gasteiger charge is 2.56. The molecule has 1 aliphatic rings. The molecule has 26 heavy (non-hydrogen) atoms. The monoisotopic (exact) mass is 381 g/mol. The summed E-state index contributed by atoms with van der Waals surface area (Å²) < 4.78 is 14.9. The van der Waals surface area contributed by atoms with Crippen LogP contribution in [-0.4, -0.2) is 63.4 Å². The SMILES string of the molecule is C=C1CC(C(=O)OCC)N(C(=O)OC)C(C#C[Si](C)(C)C)(C(=O)OC)C1. The van der Waals surface area contributed by atoms with Crippen LogP contribution in [0.15, 0.2) is 12.2 Å². The molecule has 0 spiro atoms. The molecular weight excluding hydrogens is 354 g/mol. The van der Waals surface area contributed by atoms with Gasteiger partial charge in [0, 0.05) is 6.42 Å². The van der Waals surface area contributed by atoms with Crippen molar-refractivity contribution in [3.05, 3.63) is 12.2 Å². The van der Waals surface area contributed by atoms with Crippen molar-refractivity contribution < 1.29 is 28.6 Å². The van der Waals surface area contributed by atoms with Crippen LogP contribution in [0.4, 0.5) is 4.79 Å². The molecule has 1 heterocycles. The highest BCUT2D eigenvalue weighted by atomic mass is 28.3. The van der Waals surface area contributed by atoms with Gasteiger partial charge in [0.1, 0.15) is 14.1 Å². The lowest BCUT2D eigenvalue weighted by Gasteiger charge is -2.45. The van der Waals surface area contributed by atoms with Crippen LogP contribution in [0.3, 0.4) is 0 Å². The van der Waals surface area contributed by atoms with E-state index < -0.39 is 37.7 Å². The summed E-state index contributed by atoms with van der Waals surface area (Å²) in [4.78, 5) is 38.8. The zero-order chi connectivity index (χ0) is 20.1. The largest absolute Gasteiger partial charge is 0.467 e. The summed E-state index contributed by atoms with van der Waals surface area (Å²) >= 11 is 0. The summed E-state index contributed by atoms with van der Waals surface area (Å²) in [7, 11) is 0.496. The number of hydrogen-bond acceptors (Lipinski definition) is 6. The second-order valence-electron chi connectivity index (χ2n) is 7.09. The minimum atomic E-state index is -1.90. The molecule has 0 aromatic rings. The van der Waals surface area contributed by atoms with Crippen molar-refractivity contribution in [1.29, 1.82) is 0 Å². The van der Waals surface area contributed by atoms with Crippen LogP contribution in [0.5, 0.6) is 0 Å². The Labute approximate surface area is 155 Å². The number of hydrogen-bond donors (Lipinski definition) is 0. The summed E-state index contributed by atoms with van der Waals surface area (Å²) in [5.41, 5.74) is 2.05. The van der Waals surface area contributed by atoms with E-state index in [1.807, 2.05) is 19.6 Å². The van der Waals surface area contributed by atoms with Crippen LogP contribution in [-0.2, 0) is 23.8 Å². The first-order valence-electron chi connectivity index (χ1n) is 8.35. The van der Waals surface area contributed by atoms with Crippen LogP contribution in [0, 0.1) is 11.5 Å². The van der Waals surface area contributed by atoms with Gasteiger partial charge in [-0.3, -0.25) is 4.90 Å². The normalized spacial score (nSPS) is 22.8. The maximum Gasteiger partial charge on any atom is 0.411 e. The van der Waals surface area contributed by atoms with Gasteiger partial charge in [0.15, 0.2) is 0 Å². The van der Waals surface area contributed by atoms with Gasteiger partial charge in [-0.05, 0) is 13.3 Å². The number of ether oxygens (including phenoxy) is 3. The Kier molecular flexibility index (Phi) is 7.04. The van der Waals surface area contributed by atoms with Crippen molar-refractivity contribution in [2.45, 2.75) is 51.0 Å². The molecule has 2 unspecified atom stereocenters. The Bertz CT molecular complexity index is 657. The van der Waals surface area contributed by atoms with Crippen molar-refractivity contribution in [2.75, 3.05) is 20.8 Å². The van der Waals surface area contributed by atoms with Crippen molar-refractivity contribution in [3.8, 4) is 11.5 Å². The first-order valence-corrected chi connectivity index (χ1v) is 11.9. The number of piperidine rings is 1. The van der Waals surface area contributed by atoms with Gasteiger partial charge < -0.3 is 14.2 Å². The van der Waals surface area contributed by atoms with E-state index in [2.05, 4.69) is 18.0 Å². The predicted octanol–water partition coefficient (Wildman–Crippen LogP) is 2.13. The molecule has 0 aromatic carbocycles. The Balaban J connectivity index is 3.65. The summed E-state index contributed by atoms with van der Waals surface area (Å²) in [6.07, 6.45) is -0.602. The van der Waals surface area contributed by atoms with Crippen molar-refractivity contribution >= 4 is 26.1 Å². The number of carbonyl (C=O) groups is 3. The zero-order valence-electron chi connectivity index (χ0n) is 16.3. The van der Waals surface area contributed by atoms with Gasteiger partial charge in [-0.25, -0.2) is 14.4 Å². The van der Waals surface area contributed by atoms with Crippen LogP contribution < -0.4 is 0 Å². The number of amides is 1. The summed E-state index contributed by atoms with van der Waals surface area (Å²) in [6.45, 7) is 11.8. The molecule has 1 rings (SSSR count). The minimum absolute atomic E-state index is 0.0716. The van der Waals surface area contributed by atoms with E-state index in [0.717, 1.165) is 4.90 Å². The third-order valence-electron chi connectivity index (χ3n) is 3.81. The topological polar surface area (TPSA) is 82.1 Å². The fourth-order valence-corrected chi connectivity index (χ4v) is 3.33. The number of esters is 2. The van der Waals surface area contributed by atoms with Gasteiger partial charge in [-0.2, -0.15) is 0 Å². The van der Waals surface area contributed by atoms with Crippen molar-refractivity contribution in [3.63, 3.8) is 0 Å². The summed E-state index contributed by atoms with van der Waals surface area (Å²) in [6, 6.07) is -1.06. The molecule has 0 aromatic heterocycles. The Morgan fingerprint density at radius 1 is 1.27 bits per heavy atom. The number of rotatable bonds is 3. The third-order valence-corrected chi connectivity index (χ3v) is 4.68. The van der Waals surface area contributed by atoms with E-state index >= 15 is 0 Å². The molecule has 0 radical (unpaired) electrons. The molecule has 8 heteroatoms. The standard InChI is InChI=1S/C18H27NO6Si/c1-8-25-15(20)14-11-13(2)12-18(16(21)23-3,9-10-26(5,6)7)19(14)17(22)24-4/h14H,2,8,11-12H2,1,3-7H3. The number of carbonyl (C=O) groups excluding carboxylic acids is 3. The zero-order valence-corrected chi connectivity index (χ0v) is 17.3. The molecule has 2 atom stereocenters. The van der Waals surface area contributed by atoms with E-state index in [-0.39, 0.29) is 19.4 Å². The first-order chi connectivity index (χ1) is 12.0. The number of likely N-dealkylation sites (tertiary alicyclic amines) is 1. The lowest BCUT2D eigenvalue weighted by molar-refractivity contribution is -0.160. The van der Waals surface area contributed by atoms with Gasteiger partial charge in [-0.1, -0.05) is 37.7 Å². The van der Waals surface area contributed by atoms with Crippen LogP contribution >= 0.6 is 0 Å². The molecule has 7 nitrogen and oxygen atoms in total. The van der Waals surface area contributed by atoms with E-state index in [0.29, 0.717) is 5.57 Å². The number of nitrogens with zero attached hydrogens (tertiary/aromatic N) is 1. The molecule has 144 valence electrons.